The predicted molar refractivity (Wildman–Crippen MR) is 78.5 cm³/mol. The number of piperidine rings is 1. The van der Waals surface area contributed by atoms with Crippen molar-refractivity contribution >= 4 is 15.7 Å². The van der Waals surface area contributed by atoms with E-state index in [4.69, 9.17) is 10.5 Å². The molecule has 1 aromatic carbocycles. The highest BCUT2D eigenvalue weighted by atomic mass is 32.2. The molecule has 116 valence electrons. The number of nitrogen functional groups attached to an aromatic ring is 1. The van der Waals surface area contributed by atoms with E-state index in [1.807, 2.05) is 0 Å². The first-order valence-electron chi connectivity index (χ1n) is 7.08. The lowest BCUT2D eigenvalue weighted by Gasteiger charge is -2.36. The molecule has 2 aliphatic rings. The predicted octanol–water partition coefficient (Wildman–Crippen LogP) is 0.954. The summed E-state index contributed by atoms with van der Waals surface area (Å²) in [5.74, 6) is 0.362. The molecule has 2 aliphatic heterocycles. The Hall–Kier alpha value is -1.31. The Bertz CT molecular complexity index is 632. The van der Waals surface area contributed by atoms with Crippen LogP contribution in [0, 0.1) is 0 Å². The van der Waals surface area contributed by atoms with Gasteiger partial charge in [-0.3, -0.25) is 0 Å². The van der Waals surface area contributed by atoms with Crippen molar-refractivity contribution in [3.63, 3.8) is 0 Å². The molecule has 2 unspecified atom stereocenters. The van der Waals surface area contributed by atoms with Crippen molar-refractivity contribution in [2.24, 2.45) is 0 Å². The summed E-state index contributed by atoms with van der Waals surface area (Å²) in [6.07, 6.45) is 2.26. The van der Waals surface area contributed by atoms with Crippen molar-refractivity contribution in [3.05, 3.63) is 18.2 Å². The van der Waals surface area contributed by atoms with E-state index in [9.17, 15) is 13.5 Å². The number of hydrogen-bond acceptors (Lipinski definition) is 5. The highest BCUT2D eigenvalue weighted by molar-refractivity contribution is 7.89. The number of rotatable bonds is 3. The second kappa shape index (κ2) is 5.15. The third-order valence-electron chi connectivity index (χ3n) is 4.42. The lowest BCUT2D eigenvalue weighted by molar-refractivity contribution is 0.0768. The molecule has 2 atom stereocenters. The number of sulfonamides is 1. The molecule has 21 heavy (non-hydrogen) atoms. The number of nitrogens with two attached hydrogens (primary N) is 1. The van der Waals surface area contributed by atoms with Gasteiger partial charge in [0, 0.05) is 18.2 Å². The van der Waals surface area contributed by atoms with Gasteiger partial charge in [0.05, 0.1) is 23.8 Å². The van der Waals surface area contributed by atoms with Gasteiger partial charge in [-0.25, -0.2) is 8.42 Å². The largest absolute Gasteiger partial charge is 0.495 e. The van der Waals surface area contributed by atoms with Gasteiger partial charge in [-0.1, -0.05) is 0 Å². The van der Waals surface area contributed by atoms with Crippen LogP contribution in [-0.4, -0.2) is 43.1 Å². The third-order valence-corrected chi connectivity index (χ3v) is 6.42. The average Bonchev–Trinajstić information content (AvgIpc) is 2.72. The van der Waals surface area contributed by atoms with Crippen molar-refractivity contribution in [3.8, 4) is 5.75 Å². The van der Waals surface area contributed by atoms with Gasteiger partial charge in [-0.15, -0.1) is 0 Å². The lowest BCUT2D eigenvalue weighted by atomic mass is 10.0. The van der Waals surface area contributed by atoms with E-state index in [0.717, 1.165) is 12.8 Å². The molecule has 2 heterocycles. The van der Waals surface area contributed by atoms with E-state index in [1.165, 1.54) is 19.2 Å². The minimum Gasteiger partial charge on any atom is -0.495 e. The molecule has 0 aliphatic carbocycles. The molecule has 2 bridgehead atoms. The molecule has 0 radical (unpaired) electrons. The standard InChI is InChI=1S/C14H20N2O4S/c1-20-14-8-12(4-5-13(14)15)21(18,19)16-9-2-3-10(16)7-11(17)6-9/h4-5,8-11,17H,2-3,6-7,15H2,1H3. The number of ether oxygens (including phenoxy) is 1. The third kappa shape index (κ3) is 2.39. The number of methoxy groups -OCH3 is 1. The van der Waals surface area contributed by atoms with E-state index in [1.54, 1.807) is 10.4 Å². The first-order valence-corrected chi connectivity index (χ1v) is 8.52. The fraction of sp³-hybridized carbons (Fsp3) is 0.571. The van der Waals surface area contributed by atoms with Crippen LogP contribution in [0.1, 0.15) is 25.7 Å². The normalized spacial score (nSPS) is 29.5. The summed E-state index contributed by atoms with van der Waals surface area (Å²) in [5, 5.41) is 9.80. The number of hydrogen-bond donors (Lipinski definition) is 2. The highest BCUT2D eigenvalue weighted by Crippen LogP contribution is 2.40. The Kier molecular flexibility index (Phi) is 3.59. The van der Waals surface area contributed by atoms with Crippen molar-refractivity contribution < 1.29 is 18.3 Å². The summed E-state index contributed by atoms with van der Waals surface area (Å²) in [6.45, 7) is 0. The molecular weight excluding hydrogens is 292 g/mol. The number of benzene rings is 1. The number of nitrogens with zero attached hydrogens (tertiary/aromatic N) is 1. The van der Waals surface area contributed by atoms with Gasteiger partial charge in [0.2, 0.25) is 10.0 Å². The minimum absolute atomic E-state index is 0.104. The van der Waals surface area contributed by atoms with Gasteiger partial charge < -0.3 is 15.6 Å². The fourth-order valence-electron chi connectivity index (χ4n) is 3.47. The Labute approximate surface area is 124 Å². The summed E-state index contributed by atoms with van der Waals surface area (Å²) in [5.41, 5.74) is 6.15. The zero-order valence-corrected chi connectivity index (χ0v) is 12.7. The summed E-state index contributed by atoms with van der Waals surface area (Å²) in [4.78, 5) is 0.196. The number of aliphatic hydroxyl groups is 1. The van der Waals surface area contributed by atoms with Crippen LogP contribution in [-0.2, 0) is 10.0 Å². The van der Waals surface area contributed by atoms with Crippen molar-refractivity contribution in [1.29, 1.82) is 0 Å². The second-order valence-corrected chi connectivity index (χ2v) is 7.59. The van der Waals surface area contributed by atoms with Crippen LogP contribution in [0.2, 0.25) is 0 Å². The van der Waals surface area contributed by atoms with Crippen LogP contribution in [0.25, 0.3) is 0 Å². The molecule has 2 fully saturated rings. The van der Waals surface area contributed by atoms with Crippen LogP contribution in [0.4, 0.5) is 5.69 Å². The van der Waals surface area contributed by atoms with Gasteiger partial charge in [-0.05, 0) is 37.8 Å². The first kappa shape index (κ1) is 14.6. The summed E-state index contributed by atoms with van der Waals surface area (Å²) >= 11 is 0. The molecule has 0 saturated carbocycles. The van der Waals surface area contributed by atoms with Crippen LogP contribution in [0.3, 0.4) is 0 Å². The molecule has 0 aromatic heterocycles. The van der Waals surface area contributed by atoms with Gasteiger partial charge in [0.15, 0.2) is 0 Å². The zero-order chi connectivity index (χ0) is 15.2. The van der Waals surface area contributed by atoms with E-state index >= 15 is 0 Å². The van der Waals surface area contributed by atoms with Crippen molar-refractivity contribution in [2.75, 3.05) is 12.8 Å². The number of aliphatic hydroxyl groups excluding tert-OH is 1. The molecular formula is C14H20N2O4S. The second-order valence-electron chi connectivity index (χ2n) is 5.75. The maximum absolute atomic E-state index is 12.9. The molecule has 7 heteroatoms. The van der Waals surface area contributed by atoms with Gasteiger partial charge in [-0.2, -0.15) is 4.31 Å². The Morgan fingerprint density at radius 1 is 1.29 bits per heavy atom. The van der Waals surface area contributed by atoms with E-state index in [0.29, 0.717) is 24.3 Å². The molecule has 3 N–H and O–H groups in total. The monoisotopic (exact) mass is 312 g/mol. The minimum atomic E-state index is -3.58. The maximum atomic E-state index is 12.9. The first-order chi connectivity index (χ1) is 9.93. The average molecular weight is 312 g/mol. The molecule has 1 aromatic rings. The quantitative estimate of drug-likeness (QED) is 0.811. The molecule has 3 rings (SSSR count). The topological polar surface area (TPSA) is 92.9 Å². The van der Waals surface area contributed by atoms with Crippen LogP contribution in [0.5, 0.6) is 5.75 Å². The maximum Gasteiger partial charge on any atom is 0.243 e. The Morgan fingerprint density at radius 3 is 2.48 bits per heavy atom. The van der Waals surface area contributed by atoms with E-state index < -0.39 is 16.1 Å². The highest BCUT2D eigenvalue weighted by Gasteiger charge is 2.46. The zero-order valence-electron chi connectivity index (χ0n) is 11.9. The molecule has 0 spiro atoms. The smallest absolute Gasteiger partial charge is 0.243 e. The SMILES string of the molecule is COc1cc(S(=O)(=O)N2C3CCC2CC(O)C3)ccc1N. The number of fused-ring (bicyclic) bond motifs is 2. The van der Waals surface area contributed by atoms with Crippen molar-refractivity contribution in [1.82, 2.24) is 4.31 Å². The van der Waals surface area contributed by atoms with Gasteiger partial charge in [0.1, 0.15) is 5.75 Å². The summed E-state index contributed by atoms with van der Waals surface area (Å²) < 4.78 is 32.4. The number of anilines is 1. The van der Waals surface area contributed by atoms with Crippen LogP contribution in [0.15, 0.2) is 23.1 Å². The van der Waals surface area contributed by atoms with Crippen molar-refractivity contribution in [2.45, 2.75) is 48.8 Å². The van der Waals surface area contributed by atoms with E-state index in [2.05, 4.69) is 0 Å². The summed E-state index contributed by atoms with van der Waals surface area (Å²) in [6, 6.07) is 4.32. The molecule has 0 amide bonds. The molecule has 6 nitrogen and oxygen atoms in total. The lowest BCUT2D eigenvalue weighted by Crippen LogP contribution is -2.47. The van der Waals surface area contributed by atoms with Crippen LogP contribution >= 0.6 is 0 Å². The van der Waals surface area contributed by atoms with Gasteiger partial charge >= 0.3 is 0 Å². The Morgan fingerprint density at radius 2 is 1.90 bits per heavy atom. The summed E-state index contributed by atoms with van der Waals surface area (Å²) in [7, 11) is -2.12. The Balaban J connectivity index is 1.98. The van der Waals surface area contributed by atoms with E-state index in [-0.39, 0.29) is 17.0 Å². The molecule has 2 saturated heterocycles. The van der Waals surface area contributed by atoms with Crippen LogP contribution < -0.4 is 10.5 Å². The van der Waals surface area contributed by atoms with Gasteiger partial charge in [0.25, 0.3) is 0 Å². The fourth-order valence-corrected chi connectivity index (χ4v) is 5.38.